The summed E-state index contributed by atoms with van der Waals surface area (Å²) in [7, 11) is 1.55. The van der Waals surface area contributed by atoms with E-state index in [-0.39, 0.29) is 11.9 Å². The second kappa shape index (κ2) is 10.5. The first-order valence-electron chi connectivity index (χ1n) is 10.3. The largest absolute Gasteiger partial charge is 0.493 e. The Bertz CT molecular complexity index is 840. The third kappa shape index (κ3) is 5.75. The third-order valence-corrected chi connectivity index (χ3v) is 5.38. The van der Waals surface area contributed by atoms with Crippen LogP contribution in [0.3, 0.4) is 0 Å². The molecule has 7 nitrogen and oxygen atoms in total. The summed E-state index contributed by atoms with van der Waals surface area (Å²) in [5.74, 6) is 2.03. The summed E-state index contributed by atoms with van der Waals surface area (Å²) in [6.45, 7) is 6.40. The van der Waals surface area contributed by atoms with E-state index in [2.05, 4.69) is 34.0 Å². The highest BCUT2D eigenvalue weighted by Gasteiger charge is 2.23. The highest BCUT2D eigenvalue weighted by atomic mass is 35.5. The number of carbonyl (C=O) groups is 1. The maximum Gasteiger partial charge on any atom is 0.251 e. The normalized spacial score (nSPS) is 14.6. The maximum absolute atomic E-state index is 12.8. The fourth-order valence-electron chi connectivity index (χ4n) is 3.33. The van der Waals surface area contributed by atoms with Crippen LogP contribution in [-0.2, 0) is 0 Å². The number of rotatable bonds is 8. The van der Waals surface area contributed by atoms with E-state index in [0.29, 0.717) is 34.6 Å². The number of carbonyl (C=O) groups excluding carboxylic acids is 1. The SMILES string of the molecule is COc1cc(C(=O)NC2CCN(c3ncccn3)CC2)cc(Cl)c1OCCC(C)C. The Morgan fingerprint density at radius 3 is 2.60 bits per heavy atom. The van der Waals surface area contributed by atoms with E-state index in [1.54, 1.807) is 37.7 Å². The minimum atomic E-state index is -0.168. The van der Waals surface area contributed by atoms with Gasteiger partial charge in [-0.1, -0.05) is 25.4 Å². The number of nitrogens with zero attached hydrogens (tertiary/aromatic N) is 3. The van der Waals surface area contributed by atoms with Crippen LogP contribution >= 0.6 is 11.6 Å². The molecule has 0 saturated carbocycles. The number of aromatic nitrogens is 2. The maximum atomic E-state index is 12.8. The number of ether oxygens (including phenoxy) is 2. The summed E-state index contributed by atoms with van der Waals surface area (Å²) in [6.07, 6.45) is 6.04. The number of methoxy groups -OCH3 is 1. The van der Waals surface area contributed by atoms with Gasteiger partial charge in [0.2, 0.25) is 5.95 Å². The topological polar surface area (TPSA) is 76.6 Å². The number of nitrogens with one attached hydrogen (secondary N) is 1. The first-order valence-corrected chi connectivity index (χ1v) is 10.7. The zero-order valence-electron chi connectivity index (χ0n) is 17.7. The molecule has 0 radical (unpaired) electrons. The molecule has 2 aromatic rings. The van der Waals surface area contributed by atoms with Gasteiger partial charge >= 0.3 is 0 Å². The van der Waals surface area contributed by atoms with E-state index >= 15 is 0 Å². The van der Waals surface area contributed by atoms with Gasteiger partial charge < -0.3 is 19.7 Å². The molecule has 1 saturated heterocycles. The van der Waals surface area contributed by atoms with E-state index in [1.807, 2.05) is 0 Å². The molecule has 0 atom stereocenters. The summed E-state index contributed by atoms with van der Waals surface area (Å²) < 4.78 is 11.2. The zero-order chi connectivity index (χ0) is 21.5. The first-order chi connectivity index (χ1) is 14.5. The number of benzene rings is 1. The molecule has 30 heavy (non-hydrogen) atoms. The van der Waals surface area contributed by atoms with Crippen molar-refractivity contribution in [2.45, 2.75) is 39.2 Å². The van der Waals surface area contributed by atoms with Crippen molar-refractivity contribution < 1.29 is 14.3 Å². The molecule has 3 rings (SSSR count). The Morgan fingerprint density at radius 1 is 1.27 bits per heavy atom. The lowest BCUT2D eigenvalue weighted by Gasteiger charge is -2.32. The Balaban J connectivity index is 1.59. The number of hydrogen-bond donors (Lipinski definition) is 1. The standard InChI is InChI=1S/C22H29ClN4O3/c1-15(2)7-12-30-20-18(23)13-16(14-19(20)29-3)21(28)26-17-5-10-27(11-6-17)22-24-8-4-9-25-22/h4,8-9,13-15,17H,5-7,10-12H2,1-3H3,(H,26,28). The molecule has 1 aliphatic rings. The number of piperidine rings is 1. The molecule has 162 valence electrons. The molecule has 2 heterocycles. The van der Waals surface area contributed by atoms with Gasteiger partial charge in [-0.05, 0) is 43.4 Å². The van der Waals surface area contributed by atoms with E-state index < -0.39 is 0 Å². The highest BCUT2D eigenvalue weighted by Crippen LogP contribution is 2.36. The zero-order valence-corrected chi connectivity index (χ0v) is 18.5. The molecule has 0 aliphatic carbocycles. The van der Waals surface area contributed by atoms with Gasteiger partial charge in [0.15, 0.2) is 11.5 Å². The van der Waals surface area contributed by atoms with Crippen LogP contribution in [0.25, 0.3) is 0 Å². The summed E-state index contributed by atoms with van der Waals surface area (Å²) >= 11 is 6.40. The number of hydrogen-bond acceptors (Lipinski definition) is 6. The van der Waals surface area contributed by atoms with Crippen molar-refractivity contribution in [2.24, 2.45) is 5.92 Å². The van der Waals surface area contributed by atoms with Crippen LogP contribution in [-0.4, -0.2) is 48.7 Å². The Labute approximate surface area is 182 Å². The lowest BCUT2D eigenvalue weighted by molar-refractivity contribution is 0.0930. The monoisotopic (exact) mass is 432 g/mol. The summed E-state index contributed by atoms with van der Waals surface area (Å²) in [6, 6.07) is 5.20. The highest BCUT2D eigenvalue weighted by molar-refractivity contribution is 6.32. The fraction of sp³-hybridized carbons (Fsp3) is 0.500. The molecule has 1 N–H and O–H groups in total. The van der Waals surface area contributed by atoms with Gasteiger partial charge in [0.25, 0.3) is 5.91 Å². The van der Waals surface area contributed by atoms with E-state index in [0.717, 1.165) is 38.3 Å². The van der Waals surface area contributed by atoms with Crippen molar-refractivity contribution in [1.29, 1.82) is 0 Å². The quantitative estimate of drug-likeness (QED) is 0.680. The van der Waals surface area contributed by atoms with Crippen molar-refractivity contribution in [3.63, 3.8) is 0 Å². The van der Waals surface area contributed by atoms with E-state index in [1.165, 1.54) is 0 Å². The average Bonchev–Trinajstić information content (AvgIpc) is 2.75. The van der Waals surface area contributed by atoms with Gasteiger partial charge in [-0.15, -0.1) is 0 Å². The number of halogens is 1. The minimum absolute atomic E-state index is 0.0872. The molecule has 1 fully saturated rings. The van der Waals surface area contributed by atoms with Crippen LogP contribution in [0.1, 0.15) is 43.5 Å². The molecular weight excluding hydrogens is 404 g/mol. The lowest BCUT2D eigenvalue weighted by atomic mass is 10.0. The Hall–Kier alpha value is -2.54. The molecule has 1 aliphatic heterocycles. The van der Waals surface area contributed by atoms with Crippen molar-refractivity contribution in [1.82, 2.24) is 15.3 Å². The smallest absolute Gasteiger partial charge is 0.251 e. The molecule has 1 amide bonds. The van der Waals surface area contributed by atoms with E-state index in [9.17, 15) is 4.79 Å². The van der Waals surface area contributed by atoms with Gasteiger partial charge in [-0.3, -0.25) is 4.79 Å². The summed E-state index contributed by atoms with van der Waals surface area (Å²) in [5, 5.41) is 3.48. The predicted octanol–water partition coefficient (Wildman–Crippen LogP) is 3.96. The molecular formula is C22H29ClN4O3. The first kappa shape index (κ1) is 22.2. The molecule has 1 aromatic carbocycles. The predicted molar refractivity (Wildman–Crippen MR) is 118 cm³/mol. The second-order valence-corrected chi connectivity index (χ2v) is 8.21. The van der Waals surface area contributed by atoms with Crippen LogP contribution in [0, 0.1) is 5.92 Å². The van der Waals surface area contributed by atoms with Crippen LogP contribution < -0.4 is 19.7 Å². The molecule has 0 bridgehead atoms. The van der Waals surface area contributed by atoms with Crippen LogP contribution in [0.2, 0.25) is 5.02 Å². The minimum Gasteiger partial charge on any atom is -0.493 e. The summed E-state index contributed by atoms with van der Waals surface area (Å²) in [4.78, 5) is 23.5. The van der Waals surface area contributed by atoms with Crippen molar-refractivity contribution in [2.75, 3.05) is 31.7 Å². The molecule has 1 aromatic heterocycles. The Kier molecular flexibility index (Phi) is 7.74. The van der Waals surface area contributed by atoms with Gasteiger partial charge in [-0.25, -0.2) is 9.97 Å². The Morgan fingerprint density at radius 2 is 1.97 bits per heavy atom. The molecule has 0 unspecified atom stereocenters. The van der Waals surface area contributed by atoms with Crippen LogP contribution in [0.15, 0.2) is 30.6 Å². The van der Waals surface area contributed by atoms with Crippen LogP contribution in [0.4, 0.5) is 5.95 Å². The van der Waals surface area contributed by atoms with Gasteiger partial charge in [0, 0.05) is 37.1 Å². The van der Waals surface area contributed by atoms with Crippen LogP contribution in [0.5, 0.6) is 11.5 Å². The van der Waals surface area contributed by atoms with Gasteiger partial charge in [0.1, 0.15) is 0 Å². The fourth-order valence-corrected chi connectivity index (χ4v) is 3.60. The van der Waals surface area contributed by atoms with Crippen molar-refractivity contribution in [3.8, 4) is 11.5 Å². The number of anilines is 1. The van der Waals surface area contributed by atoms with Crippen molar-refractivity contribution in [3.05, 3.63) is 41.2 Å². The second-order valence-electron chi connectivity index (χ2n) is 7.80. The molecule has 0 spiro atoms. The number of amides is 1. The van der Waals surface area contributed by atoms with Gasteiger partial charge in [0.05, 0.1) is 18.7 Å². The van der Waals surface area contributed by atoms with E-state index in [4.69, 9.17) is 21.1 Å². The van der Waals surface area contributed by atoms with Crippen molar-refractivity contribution >= 4 is 23.5 Å². The average molecular weight is 433 g/mol. The third-order valence-electron chi connectivity index (χ3n) is 5.10. The summed E-state index contributed by atoms with van der Waals surface area (Å²) in [5.41, 5.74) is 0.460. The van der Waals surface area contributed by atoms with Gasteiger partial charge in [-0.2, -0.15) is 0 Å². The lowest BCUT2D eigenvalue weighted by Crippen LogP contribution is -2.45. The molecule has 8 heteroatoms.